The molecule has 0 radical (unpaired) electrons. The van der Waals surface area contributed by atoms with Gasteiger partial charge in [-0.05, 0) is 25.6 Å². The number of nitrogens with one attached hydrogen (secondary N) is 1. The molecule has 100 valence electrons. The smallest absolute Gasteiger partial charge is 0.234 e. The Labute approximate surface area is 108 Å². The molecule has 0 saturated carbocycles. The zero-order chi connectivity index (χ0) is 13.5. The monoisotopic (exact) mass is 251 g/mol. The van der Waals surface area contributed by atoms with Crippen LogP contribution in [-0.2, 0) is 11.8 Å². The molecule has 0 spiro atoms. The SMILES string of the molecule is CCNC(=O)CN(CC)CC(=O)c1cccn1C. The molecule has 1 aromatic rings. The van der Waals surface area contributed by atoms with Crippen molar-refractivity contribution in [3.8, 4) is 0 Å². The van der Waals surface area contributed by atoms with Crippen LogP contribution in [0.15, 0.2) is 18.3 Å². The van der Waals surface area contributed by atoms with Gasteiger partial charge in [0.1, 0.15) is 0 Å². The number of hydrogen-bond acceptors (Lipinski definition) is 3. The van der Waals surface area contributed by atoms with Gasteiger partial charge in [-0.1, -0.05) is 6.92 Å². The first kappa shape index (κ1) is 14.4. The highest BCUT2D eigenvalue weighted by molar-refractivity contribution is 5.96. The van der Waals surface area contributed by atoms with Gasteiger partial charge in [-0.15, -0.1) is 0 Å². The second kappa shape index (κ2) is 6.96. The van der Waals surface area contributed by atoms with Gasteiger partial charge in [-0.25, -0.2) is 0 Å². The molecule has 18 heavy (non-hydrogen) atoms. The molecule has 1 amide bonds. The van der Waals surface area contributed by atoms with Crippen LogP contribution in [-0.4, -0.2) is 47.3 Å². The second-order valence-corrected chi connectivity index (χ2v) is 4.18. The number of Topliss-reactive ketones (excluding diaryl/α,β-unsaturated/α-hetero) is 1. The summed E-state index contributed by atoms with van der Waals surface area (Å²) < 4.78 is 1.79. The molecule has 0 aliphatic rings. The van der Waals surface area contributed by atoms with Gasteiger partial charge in [0.05, 0.1) is 18.8 Å². The third-order valence-corrected chi connectivity index (χ3v) is 2.79. The van der Waals surface area contributed by atoms with Gasteiger partial charge in [0.15, 0.2) is 5.78 Å². The highest BCUT2D eigenvalue weighted by Crippen LogP contribution is 2.02. The standard InChI is InChI=1S/C13H21N3O2/c1-4-14-13(18)10-16(5-2)9-12(17)11-7-6-8-15(11)3/h6-8H,4-5,9-10H2,1-3H3,(H,14,18). The summed E-state index contributed by atoms with van der Waals surface area (Å²) in [6.07, 6.45) is 1.84. The molecule has 0 atom stereocenters. The fourth-order valence-electron chi connectivity index (χ4n) is 1.77. The Kier molecular flexibility index (Phi) is 5.58. The summed E-state index contributed by atoms with van der Waals surface area (Å²) in [5.74, 6) is -0.00678. The third-order valence-electron chi connectivity index (χ3n) is 2.79. The minimum Gasteiger partial charge on any atom is -0.355 e. The molecule has 0 fully saturated rings. The van der Waals surface area contributed by atoms with Crippen molar-refractivity contribution in [3.63, 3.8) is 0 Å². The van der Waals surface area contributed by atoms with E-state index in [4.69, 9.17) is 0 Å². The number of aryl methyl sites for hydroxylation is 1. The molecule has 5 heteroatoms. The lowest BCUT2D eigenvalue weighted by Gasteiger charge is -2.18. The molecule has 0 aliphatic carbocycles. The second-order valence-electron chi connectivity index (χ2n) is 4.18. The highest BCUT2D eigenvalue weighted by atomic mass is 16.2. The van der Waals surface area contributed by atoms with Crippen LogP contribution in [0.1, 0.15) is 24.3 Å². The van der Waals surface area contributed by atoms with Crippen molar-refractivity contribution in [2.24, 2.45) is 7.05 Å². The van der Waals surface area contributed by atoms with Crippen LogP contribution in [0.2, 0.25) is 0 Å². The van der Waals surface area contributed by atoms with E-state index in [1.54, 1.807) is 10.6 Å². The normalized spacial score (nSPS) is 10.7. The van der Waals surface area contributed by atoms with Crippen molar-refractivity contribution in [1.29, 1.82) is 0 Å². The van der Waals surface area contributed by atoms with Crippen LogP contribution >= 0.6 is 0 Å². The molecule has 0 aromatic carbocycles. The summed E-state index contributed by atoms with van der Waals surface area (Å²) in [5.41, 5.74) is 0.671. The van der Waals surface area contributed by atoms with Crippen molar-refractivity contribution >= 4 is 11.7 Å². The van der Waals surface area contributed by atoms with Crippen molar-refractivity contribution in [3.05, 3.63) is 24.0 Å². The lowest BCUT2D eigenvalue weighted by atomic mass is 10.2. The minimum atomic E-state index is -0.0426. The zero-order valence-electron chi connectivity index (χ0n) is 11.3. The van der Waals surface area contributed by atoms with E-state index in [0.717, 1.165) is 0 Å². The van der Waals surface area contributed by atoms with Gasteiger partial charge in [-0.2, -0.15) is 0 Å². The van der Waals surface area contributed by atoms with Gasteiger partial charge in [-0.3, -0.25) is 14.5 Å². The quantitative estimate of drug-likeness (QED) is 0.725. The summed E-state index contributed by atoms with van der Waals surface area (Å²) in [5, 5.41) is 2.73. The Bertz CT molecular complexity index is 412. The maximum atomic E-state index is 12.0. The van der Waals surface area contributed by atoms with E-state index >= 15 is 0 Å². The van der Waals surface area contributed by atoms with Crippen molar-refractivity contribution in [1.82, 2.24) is 14.8 Å². The number of carbonyl (C=O) groups excluding carboxylic acids is 2. The summed E-state index contributed by atoms with van der Waals surface area (Å²) in [6.45, 7) is 5.64. The first-order chi connectivity index (χ1) is 8.58. The molecule has 1 aromatic heterocycles. The molecule has 1 heterocycles. The van der Waals surface area contributed by atoms with Crippen molar-refractivity contribution in [2.75, 3.05) is 26.2 Å². The van der Waals surface area contributed by atoms with Crippen LogP contribution < -0.4 is 5.32 Å². The Hall–Kier alpha value is -1.62. The van der Waals surface area contributed by atoms with Crippen LogP contribution in [0.3, 0.4) is 0 Å². The summed E-state index contributed by atoms with van der Waals surface area (Å²) in [4.78, 5) is 25.4. The molecular weight excluding hydrogens is 230 g/mol. The largest absolute Gasteiger partial charge is 0.355 e. The molecule has 5 nitrogen and oxygen atoms in total. The van der Waals surface area contributed by atoms with Gasteiger partial charge >= 0.3 is 0 Å². The topological polar surface area (TPSA) is 54.3 Å². The molecule has 0 saturated heterocycles. The molecule has 1 N–H and O–H groups in total. The fourth-order valence-corrected chi connectivity index (χ4v) is 1.77. The van der Waals surface area contributed by atoms with E-state index in [1.807, 2.05) is 38.1 Å². The maximum absolute atomic E-state index is 12.0. The van der Waals surface area contributed by atoms with Gasteiger partial charge in [0.2, 0.25) is 5.91 Å². The average Bonchev–Trinajstić information content (AvgIpc) is 2.74. The maximum Gasteiger partial charge on any atom is 0.234 e. The number of rotatable bonds is 7. The van der Waals surface area contributed by atoms with Gasteiger partial charge < -0.3 is 9.88 Å². The first-order valence-corrected chi connectivity index (χ1v) is 6.22. The van der Waals surface area contributed by atoms with Crippen molar-refractivity contribution in [2.45, 2.75) is 13.8 Å². The van der Waals surface area contributed by atoms with E-state index in [1.165, 1.54) is 0 Å². The van der Waals surface area contributed by atoms with Gasteiger partial charge in [0.25, 0.3) is 0 Å². The number of likely N-dealkylation sites (N-methyl/N-ethyl adjacent to an activating group) is 2. The Morgan fingerprint density at radius 1 is 1.33 bits per heavy atom. The lowest BCUT2D eigenvalue weighted by molar-refractivity contribution is -0.121. The zero-order valence-corrected chi connectivity index (χ0v) is 11.3. The van der Waals surface area contributed by atoms with Crippen LogP contribution in [0.5, 0.6) is 0 Å². The average molecular weight is 251 g/mol. The van der Waals surface area contributed by atoms with Crippen LogP contribution in [0, 0.1) is 0 Å². The first-order valence-electron chi connectivity index (χ1n) is 6.22. The number of hydrogen-bond donors (Lipinski definition) is 1. The molecule has 1 rings (SSSR count). The molecular formula is C13H21N3O2. The molecule has 0 unspecified atom stereocenters. The third kappa shape index (κ3) is 4.00. The summed E-state index contributed by atoms with van der Waals surface area (Å²) in [7, 11) is 1.84. The van der Waals surface area contributed by atoms with E-state index in [0.29, 0.717) is 18.8 Å². The van der Waals surface area contributed by atoms with E-state index in [2.05, 4.69) is 5.32 Å². The highest BCUT2D eigenvalue weighted by Gasteiger charge is 2.15. The van der Waals surface area contributed by atoms with E-state index in [9.17, 15) is 9.59 Å². The van der Waals surface area contributed by atoms with E-state index < -0.39 is 0 Å². The molecule has 0 aliphatic heterocycles. The summed E-state index contributed by atoms with van der Waals surface area (Å²) in [6, 6.07) is 3.63. The van der Waals surface area contributed by atoms with Crippen LogP contribution in [0.4, 0.5) is 0 Å². The molecule has 0 bridgehead atoms. The summed E-state index contributed by atoms with van der Waals surface area (Å²) >= 11 is 0. The number of carbonyl (C=O) groups is 2. The minimum absolute atomic E-state index is 0.0358. The number of nitrogens with zero attached hydrogens (tertiary/aromatic N) is 2. The fraction of sp³-hybridized carbons (Fsp3) is 0.538. The number of ketones is 1. The Morgan fingerprint density at radius 2 is 2.06 bits per heavy atom. The Morgan fingerprint density at radius 3 is 2.56 bits per heavy atom. The van der Waals surface area contributed by atoms with E-state index in [-0.39, 0.29) is 24.8 Å². The predicted molar refractivity (Wildman–Crippen MR) is 70.5 cm³/mol. The number of amides is 1. The van der Waals surface area contributed by atoms with Crippen molar-refractivity contribution < 1.29 is 9.59 Å². The predicted octanol–water partition coefficient (Wildman–Crippen LogP) is 0.666. The number of aromatic nitrogens is 1. The Balaban J connectivity index is 2.56. The van der Waals surface area contributed by atoms with Crippen LogP contribution in [0.25, 0.3) is 0 Å². The lowest BCUT2D eigenvalue weighted by Crippen LogP contribution is -2.39. The van der Waals surface area contributed by atoms with Gasteiger partial charge in [0, 0.05) is 19.8 Å².